The molecule has 0 radical (unpaired) electrons. The summed E-state index contributed by atoms with van der Waals surface area (Å²) in [4.78, 5) is 16.0. The summed E-state index contributed by atoms with van der Waals surface area (Å²) >= 11 is 0. The Hall–Kier alpha value is -1.31. The van der Waals surface area contributed by atoms with Crippen molar-refractivity contribution in [3.8, 4) is 0 Å². The van der Waals surface area contributed by atoms with Gasteiger partial charge in [-0.2, -0.15) is 0 Å². The van der Waals surface area contributed by atoms with Crippen molar-refractivity contribution in [3.05, 3.63) is 35.4 Å². The molecule has 1 amide bonds. The van der Waals surface area contributed by atoms with Gasteiger partial charge in [-0.15, -0.1) is 24.0 Å². The van der Waals surface area contributed by atoms with Gasteiger partial charge in [0.1, 0.15) is 0 Å². The normalized spacial score (nSPS) is 15.3. The second kappa shape index (κ2) is 11.3. The van der Waals surface area contributed by atoms with Gasteiger partial charge in [-0.3, -0.25) is 9.79 Å². The lowest BCUT2D eigenvalue weighted by Crippen LogP contribution is -2.43. The number of nitrogens with zero attached hydrogens (tertiary/aromatic N) is 1. The zero-order valence-corrected chi connectivity index (χ0v) is 16.9. The topological polar surface area (TPSA) is 65.5 Å². The van der Waals surface area contributed by atoms with Crippen molar-refractivity contribution in [2.45, 2.75) is 51.6 Å². The van der Waals surface area contributed by atoms with Crippen molar-refractivity contribution in [2.24, 2.45) is 4.99 Å². The van der Waals surface area contributed by atoms with Crippen LogP contribution in [-0.4, -0.2) is 31.5 Å². The fourth-order valence-corrected chi connectivity index (χ4v) is 2.86. The zero-order valence-electron chi connectivity index (χ0n) is 14.6. The van der Waals surface area contributed by atoms with Crippen molar-refractivity contribution < 1.29 is 4.79 Å². The summed E-state index contributed by atoms with van der Waals surface area (Å²) in [6.07, 6.45) is 6.40. The van der Waals surface area contributed by atoms with E-state index >= 15 is 0 Å². The maximum Gasteiger partial charge on any atom is 0.251 e. The third-order valence-electron chi connectivity index (χ3n) is 4.18. The molecule has 0 spiro atoms. The van der Waals surface area contributed by atoms with E-state index in [-0.39, 0.29) is 29.9 Å². The molecule has 1 saturated carbocycles. The number of benzene rings is 1. The Bertz CT molecular complexity index is 524. The molecule has 0 unspecified atom stereocenters. The molecule has 1 aliphatic carbocycles. The van der Waals surface area contributed by atoms with Crippen LogP contribution >= 0.6 is 24.0 Å². The Kier molecular flexibility index (Phi) is 9.75. The lowest BCUT2D eigenvalue weighted by Gasteiger charge is -2.24. The molecule has 0 aliphatic heterocycles. The Morgan fingerprint density at radius 1 is 1.12 bits per heavy atom. The SMILES string of the molecule is CCNC(=O)c1ccc(CNC(=NC)NC2CCCCC2)cc1.I. The van der Waals surface area contributed by atoms with Gasteiger partial charge in [0, 0.05) is 31.7 Å². The maximum absolute atomic E-state index is 11.7. The second-order valence-corrected chi connectivity index (χ2v) is 5.96. The van der Waals surface area contributed by atoms with Gasteiger partial charge in [-0.25, -0.2) is 0 Å². The van der Waals surface area contributed by atoms with Gasteiger partial charge < -0.3 is 16.0 Å². The summed E-state index contributed by atoms with van der Waals surface area (Å²) in [7, 11) is 1.80. The number of carbonyl (C=O) groups is 1. The van der Waals surface area contributed by atoms with Crippen LogP contribution in [0, 0.1) is 0 Å². The van der Waals surface area contributed by atoms with Gasteiger partial charge in [-0.1, -0.05) is 31.4 Å². The van der Waals surface area contributed by atoms with Crippen LogP contribution in [0.25, 0.3) is 0 Å². The van der Waals surface area contributed by atoms with Crippen LogP contribution in [0.1, 0.15) is 54.9 Å². The zero-order chi connectivity index (χ0) is 16.5. The third kappa shape index (κ3) is 6.67. The van der Waals surface area contributed by atoms with E-state index in [1.165, 1.54) is 32.1 Å². The van der Waals surface area contributed by atoms with E-state index in [9.17, 15) is 4.79 Å². The van der Waals surface area contributed by atoms with Crippen molar-refractivity contribution in [1.29, 1.82) is 0 Å². The molecule has 1 fully saturated rings. The predicted octanol–water partition coefficient (Wildman–Crippen LogP) is 3.05. The molecule has 3 N–H and O–H groups in total. The summed E-state index contributed by atoms with van der Waals surface area (Å²) in [6, 6.07) is 8.21. The Morgan fingerprint density at radius 3 is 2.38 bits per heavy atom. The Labute approximate surface area is 162 Å². The van der Waals surface area contributed by atoms with Crippen LogP contribution in [0.4, 0.5) is 0 Å². The number of halogens is 1. The molecule has 0 atom stereocenters. The minimum atomic E-state index is -0.0261. The first-order chi connectivity index (χ1) is 11.2. The van der Waals surface area contributed by atoms with E-state index < -0.39 is 0 Å². The van der Waals surface area contributed by atoms with Crippen LogP contribution in [0.3, 0.4) is 0 Å². The monoisotopic (exact) mass is 444 g/mol. The van der Waals surface area contributed by atoms with E-state index in [1.54, 1.807) is 7.05 Å². The summed E-state index contributed by atoms with van der Waals surface area (Å²) in [5.74, 6) is 0.825. The van der Waals surface area contributed by atoms with Crippen molar-refractivity contribution in [3.63, 3.8) is 0 Å². The maximum atomic E-state index is 11.7. The number of guanidine groups is 1. The Balaban J connectivity index is 0.00000288. The molecular formula is C18H29IN4O. The molecule has 0 heterocycles. The van der Waals surface area contributed by atoms with Crippen molar-refractivity contribution >= 4 is 35.8 Å². The van der Waals surface area contributed by atoms with Crippen LogP contribution < -0.4 is 16.0 Å². The number of rotatable bonds is 5. The largest absolute Gasteiger partial charge is 0.354 e. The molecule has 1 aromatic carbocycles. The van der Waals surface area contributed by atoms with Gasteiger partial charge >= 0.3 is 0 Å². The van der Waals surface area contributed by atoms with Crippen molar-refractivity contribution in [2.75, 3.05) is 13.6 Å². The summed E-state index contributed by atoms with van der Waals surface area (Å²) in [5.41, 5.74) is 1.82. The quantitative estimate of drug-likeness (QED) is 0.372. The second-order valence-electron chi connectivity index (χ2n) is 5.96. The molecule has 0 saturated heterocycles. The fourth-order valence-electron chi connectivity index (χ4n) is 2.86. The van der Waals surface area contributed by atoms with Crippen molar-refractivity contribution in [1.82, 2.24) is 16.0 Å². The molecule has 1 aliphatic rings. The standard InChI is InChI=1S/C18H28N4O.HI/c1-3-20-17(23)15-11-9-14(10-12-15)13-21-18(19-2)22-16-7-5-4-6-8-16;/h9-12,16H,3-8,13H2,1-2H3,(H,20,23)(H2,19,21,22);1H. The minimum absolute atomic E-state index is 0. The highest BCUT2D eigenvalue weighted by molar-refractivity contribution is 14.0. The molecular weight excluding hydrogens is 415 g/mol. The molecule has 134 valence electrons. The number of carbonyl (C=O) groups excluding carboxylic acids is 1. The molecule has 5 nitrogen and oxygen atoms in total. The molecule has 24 heavy (non-hydrogen) atoms. The average Bonchev–Trinajstić information content (AvgIpc) is 2.60. The number of aliphatic imine (C=N–C) groups is 1. The molecule has 1 aromatic rings. The number of nitrogens with one attached hydrogen (secondary N) is 3. The van der Waals surface area contributed by atoms with E-state index in [1.807, 2.05) is 31.2 Å². The summed E-state index contributed by atoms with van der Waals surface area (Å²) in [5, 5.41) is 9.64. The average molecular weight is 444 g/mol. The van der Waals surface area contributed by atoms with Crippen LogP contribution in [-0.2, 0) is 6.54 Å². The minimum Gasteiger partial charge on any atom is -0.354 e. The number of hydrogen-bond donors (Lipinski definition) is 3. The van der Waals surface area contributed by atoms with E-state index in [0.717, 1.165) is 11.5 Å². The summed E-state index contributed by atoms with van der Waals surface area (Å²) < 4.78 is 0. The highest BCUT2D eigenvalue weighted by Crippen LogP contribution is 2.17. The van der Waals surface area contributed by atoms with Gasteiger partial charge in [-0.05, 0) is 37.5 Å². The Morgan fingerprint density at radius 2 is 1.79 bits per heavy atom. The summed E-state index contributed by atoms with van der Waals surface area (Å²) in [6.45, 7) is 3.26. The van der Waals surface area contributed by atoms with Crippen LogP contribution in [0.5, 0.6) is 0 Å². The highest BCUT2D eigenvalue weighted by atomic mass is 127. The molecule has 0 aromatic heterocycles. The van der Waals surface area contributed by atoms with E-state index in [4.69, 9.17) is 0 Å². The third-order valence-corrected chi connectivity index (χ3v) is 4.18. The first kappa shape index (κ1) is 20.7. The van der Waals surface area contributed by atoms with E-state index in [2.05, 4.69) is 20.9 Å². The van der Waals surface area contributed by atoms with Crippen LogP contribution in [0.2, 0.25) is 0 Å². The lowest BCUT2D eigenvalue weighted by molar-refractivity contribution is 0.0956. The number of hydrogen-bond acceptors (Lipinski definition) is 2. The van der Waals surface area contributed by atoms with Gasteiger partial charge in [0.25, 0.3) is 5.91 Å². The number of amides is 1. The lowest BCUT2D eigenvalue weighted by atomic mass is 9.96. The smallest absolute Gasteiger partial charge is 0.251 e. The van der Waals surface area contributed by atoms with Gasteiger partial charge in [0.15, 0.2) is 5.96 Å². The fraction of sp³-hybridized carbons (Fsp3) is 0.556. The molecule has 6 heteroatoms. The van der Waals surface area contributed by atoms with E-state index in [0.29, 0.717) is 24.7 Å². The molecule has 0 bridgehead atoms. The van der Waals surface area contributed by atoms with Gasteiger partial charge in [0.2, 0.25) is 0 Å². The highest BCUT2D eigenvalue weighted by Gasteiger charge is 2.14. The molecule has 2 rings (SSSR count). The first-order valence-corrected chi connectivity index (χ1v) is 8.57. The first-order valence-electron chi connectivity index (χ1n) is 8.57. The van der Waals surface area contributed by atoms with Gasteiger partial charge in [0.05, 0.1) is 0 Å². The van der Waals surface area contributed by atoms with Crippen LogP contribution in [0.15, 0.2) is 29.3 Å². The predicted molar refractivity (Wildman–Crippen MR) is 110 cm³/mol.